The fraction of sp³-hybridized carbons (Fsp3) is 0.533. The number of ether oxygens (including phenoxy) is 1. The van der Waals surface area contributed by atoms with Crippen molar-refractivity contribution in [2.24, 2.45) is 0 Å². The Hall–Kier alpha value is -1.56. The van der Waals surface area contributed by atoms with E-state index in [9.17, 15) is 13.2 Å². The molecular formula is C15H21NO4S. The van der Waals surface area contributed by atoms with Crippen LogP contribution in [0.4, 0.5) is 10.5 Å². The first-order valence-corrected chi connectivity index (χ1v) is 8.90. The molecule has 0 saturated carbocycles. The van der Waals surface area contributed by atoms with Gasteiger partial charge in [0.1, 0.15) is 0 Å². The maximum Gasteiger partial charge on any atom is 0.414 e. The van der Waals surface area contributed by atoms with Crippen LogP contribution in [0.1, 0.15) is 24.5 Å². The molecule has 0 aliphatic carbocycles. The number of rotatable bonds is 3. The van der Waals surface area contributed by atoms with Gasteiger partial charge in [-0.3, -0.25) is 4.90 Å². The highest BCUT2D eigenvalue weighted by Gasteiger charge is 2.36. The summed E-state index contributed by atoms with van der Waals surface area (Å²) in [4.78, 5) is 13.8. The largest absolute Gasteiger partial charge is 0.449 e. The molecule has 0 bridgehead atoms. The third-order valence-corrected chi connectivity index (χ3v) is 5.62. The quantitative estimate of drug-likeness (QED) is 0.860. The van der Waals surface area contributed by atoms with Crippen molar-refractivity contribution in [3.63, 3.8) is 0 Å². The zero-order valence-electron chi connectivity index (χ0n) is 12.6. The summed E-state index contributed by atoms with van der Waals surface area (Å²) in [7, 11) is -3.07. The molecule has 1 atom stereocenters. The summed E-state index contributed by atoms with van der Waals surface area (Å²) >= 11 is 0. The summed E-state index contributed by atoms with van der Waals surface area (Å²) in [5.41, 5.74) is 2.76. The minimum Gasteiger partial charge on any atom is -0.449 e. The van der Waals surface area contributed by atoms with E-state index in [0.29, 0.717) is 6.42 Å². The highest BCUT2D eigenvalue weighted by Crippen LogP contribution is 2.29. The lowest BCUT2D eigenvalue weighted by molar-refractivity contribution is 0.157. The molecule has 5 nitrogen and oxygen atoms in total. The van der Waals surface area contributed by atoms with Crippen LogP contribution in [0.3, 0.4) is 0 Å². The van der Waals surface area contributed by atoms with E-state index in [0.717, 1.165) is 16.8 Å². The van der Waals surface area contributed by atoms with Crippen LogP contribution in [0, 0.1) is 13.8 Å². The lowest BCUT2D eigenvalue weighted by Gasteiger charge is -2.29. The molecule has 1 amide bonds. The fourth-order valence-corrected chi connectivity index (χ4v) is 4.31. The van der Waals surface area contributed by atoms with Crippen molar-refractivity contribution >= 4 is 21.6 Å². The second-order valence-corrected chi connectivity index (χ2v) is 7.57. The summed E-state index contributed by atoms with van der Waals surface area (Å²) in [5, 5.41) is 0. The van der Waals surface area contributed by atoms with E-state index < -0.39 is 15.9 Å². The molecule has 1 saturated heterocycles. The Kier molecular flexibility index (Phi) is 4.56. The molecule has 1 aromatic rings. The topological polar surface area (TPSA) is 63.7 Å². The number of carbonyl (C=O) groups excluding carboxylic acids is 1. The third-order valence-electron chi connectivity index (χ3n) is 3.87. The van der Waals surface area contributed by atoms with Gasteiger partial charge in [0.15, 0.2) is 9.84 Å². The van der Waals surface area contributed by atoms with Gasteiger partial charge in [-0.25, -0.2) is 13.2 Å². The minimum atomic E-state index is -3.07. The number of hydrogen-bond donors (Lipinski definition) is 0. The smallest absolute Gasteiger partial charge is 0.414 e. The number of anilines is 1. The molecule has 1 unspecified atom stereocenters. The first-order chi connectivity index (χ1) is 9.85. The van der Waals surface area contributed by atoms with Crippen molar-refractivity contribution in [3.8, 4) is 0 Å². The van der Waals surface area contributed by atoms with E-state index in [2.05, 4.69) is 0 Å². The van der Waals surface area contributed by atoms with Crippen LogP contribution in [0.25, 0.3) is 0 Å². The summed E-state index contributed by atoms with van der Waals surface area (Å²) in [6.45, 7) is 5.90. The van der Waals surface area contributed by atoms with Gasteiger partial charge < -0.3 is 4.74 Å². The molecule has 0 spiro atoms. The second-order valence-electron chi connectivity index (χ2n) is 5.34. The van der Waals surface area contributed by atoms with Crippen LogP contribution in [0.15, 0.2) is 18.2 Å². The molecule has 2 rings (SSSR count). The number of amides is 1. The monoisotopic (exact) mass is 311 g/mol. The summed E-state index contributed by atoms with van der Waals surface area (Å²) < 4.78 is 28.6. The molecular weight excluding hydrogens is 290 g/mol. The maximum absolute atomic E-state index is 12.3. The normalized spacial score (nSPS) is 20.2. The van der Waals surface area contributed by atoms with Crippen LogP contribution in [0.2, 0.25) is 0 Å². The molecule has 0 radical (unpaired) electrons. The van der Waals surface area contributed by atoms with Crippen molar-refractivity contribution in [3.05, 3.63) is 29.3 Å². The number of carbonyl (C=O) groups is 1. The average molecular weight is 311 g/mol. The van der Waals surface area contributed by atoms with Crippen molar-refractivity contribution < 1.29 is 17.9 Å². The van der Waals surface area contributed by atoms with E-state index in [4.69, 9.17) is 4.74 Å². The van der Waals surface area contributed by atoms with Gasteiger partial charge in [-0.1, -0.05) is 12.1 Å². The molecule has 6 heteroatoms. The van der Waals surface area contributed by atoms with E-state index in [1.807, 2.05) is 32.0 Å². The molecule has 1 aliphatic rings. The van der Waals surface area contributed by atoms with Gasteiger partial charge in [0, 0.05) is 0 Å². The highest BCUT2D eigenvalue weighted by atomic mass is 32.2. The average Bonchev–Trinajstić information content (AvgIpc) is 2.75. The predicted octanol–water partition coefficient (Wildman–Crippen LogP) is 2.45. The lowest BCUT2D eigenvalue weighted by Crippen LogP contribution is -2.42. The fourth-order valence-electron chi connectivity index (χ4n) is 2.61. The molecule has 1 fully saturated rings. The van der Waals surface area contributed by atoms with Crippen LogP contribution in [0.5, 0.6) is 0 Å². The molecule has 0 aromatic heterocycles. The molecule has 0 N–H and O–H groups in total. The number of sulfone groups is 1. The van der Waals surface area contributed by atoms with Gasteiger partial charge in [-0.15, -0.1) is 0 Å². The first-order valence-electron chi connectivity index (χ1n) is 7.08. The molecule has 1 heterocycles. The predicted molar refractivity (Wildman–Crippen MR) is 82.5 cm³/mol. The Morgan fingerprint density at radius 3 is 2.67 bits per heavy atom. The second kappa shape index (κ2) is 6.05. The zero-order valence-corrected chi connectivity index (χ0v) is 13.4. The number of nitrogens with zero attached hydrogens (tertiary/aromatic N) is 1. The summed E-state index contributed by atoms with van der Waals surface area (Å²) in [6.07, 6.45) is -0.0255. The number of aryl methyl sites for hydroxylation is 1. The van der Waals surface area contributed by atoms with E-state index in [1.54, 1.807) is 6.92 Å². The lowest BCUT2D eigenvalue weighted by atomic mass is 10.1. The van der Waals surface area contributed by atoms with Crippen molar-refractivity contribution in [1.82, 2.24) is 0 Å². The molecule has 116 valence electrons. The summed E-state index contributed by atoms with van der Waals surface area (Å²) in [5.74, 6) is 0.123. The van der Waals surface area contributed by atoms with Gasteiger partial charge in [0.25, 0.3) is 0 Å². The summed E-state index contributed by atoms with van der Waals surface area (Å²) in [6, 6.07) is 5.32. The molecule has 21 heavy (non-hydrogen) atoms. The maximum atomic E-state index is 12.3. The third kappa shape index (κ3) is 3.37. The van der Waals surface area contributed by atoms with Gasteiger partial charge in [0.2, 0.25) is 0 Å². The minimum absolute atomic E-state index is 0.000797. The van der Waals surface area contributed by atoms with Crippen LogP contribution in [-0.2, 0) is 14.6 Å². The van der Waals surface area contributed by atoms with E-state index in [-0.39, 0.29) is 24.2 Å². The molecule has 1 aliphatic heterocycles. The Morgan fingerprint density at radius 1 is 1.38 bits per heavy atom. The standard InChI is InChI=1S/C15H21NO4S/c1-4-20-15(17)16(13-8-9-21(18,19)10-13)14-7-5-6-11(2)12(14)3/h5-7,13H,4,8-10H2,1-3H3. The van der Waals surface area contributed by atoms with Crippen molar-refractivity contribution in [1.29, 1.82) is 0 Å². The van der Waals surface area contributed by atoms with E-state index in [1.165, 1.54) is 4.90 Å². The van der Waals surface area contributed by atoms with Crippen LogP contribution >= 0.6 is 0 Å². The van der Waals surface area contributed by atoms with Crippen LogP contribution < -0.4 is 4.90 Å². The van der Waals surface area contributed by atoms with Crippen LogP contribution in [-0.4, -0.2) is 38.7 Å². The number of hydrogen-bond acceptors (Lipinski definition) is 4. The SMILES string of the molecule is CCOC(=O)N(c1cccc(C)c1C)C1CCS(=O)(=O)C1. The zero-order chi connectivity index (χ0) is 15.6. The molecule has 1 aromatic carbocycles. The van der Waals surface area contributed by atoms with Gasteiger partial charge >= 0.3 is 6.09 Å². The van der Waals surface area contributed by atoms with Gasteiger partial charge in [-0.2, -0.15) is 0 Å². The van der Waals surface area contributed by atoms with Gasteiger partial charge in [-0.05, 0) is 44.4 Å². The number of benzene rings is 1. The van der Waals surface area contributed by atoms with Gasteiger partial charge in [0.05, 0.1) is 29.8 Å². The Balaban J connectivity index is 2.42. The van der Waals surface area contributed by atoms with Crippen molar-refractivity contribution in [2.45, 2.75) is 33.2 Å². The highest BCUT2D eigenvalue weighted by molar-refractivity contribution is 7.91. The first kappa shape index (κ1) is 15.8. The van der Waals surface area contributed by atoms with Crippen molar-refractivity contribution in [2.75, 3.05) is 23.0 Å². The Morgan fingerprint density at radius 2 is 2.10 bits per heavy atom. The Bertz CT molecular complexity index is 639. The Labute approximate surface area is 125 Å². The van der Waals surface area contributed by atoms with E-state index >= 15 is 0 Å².